The second kappa shape index (κ2) is 3.48. The number of anilines is 1. The Morgan fingerprint density at radius 1 is 1.47 bits per heavy atom. The molecule has 0 unspecified atom stereocenters. The van der Waals surface area contributed by atoms with Crippen LogP contribution >= 0.6 is 0 Å². The van der Waals surface area contributed by atoms with Crippen molar-refractivity contribution in [3.8, 4) is 0 Å². The second-order valence-corrected chi connectivity index (χ2v) is 4.03. The van der Waals surface area contributed by atoms with Crippen molar-refractivity contribution >= 4 is 11.9 Å². The maximum atomic E-state index is 10.3. The van der Waals surface area contributed by atoms with E-state index in [4.69, 9.17) is 0 Å². The predicted octanol–water partition coefficient (Wildman–Crippen LogP) is 1.47. The zero-order valence-electron chi connectivity index (χ0n) is 8.90. The summed E-state index contributed by atoms with van der Waals surface area (Å²) in [6.07, 6.45) is 5.28. The highest BCUT2D eigenvalue weighted by atomic mass is 16.1. The van der Waals surface area contributed by atoms with Gasteiger partial charge in [-0.1, -0.05) is 6.07 Å². The highest BCUT2D eigenvalue weighted by Gasteiger charge is 2.45. The van der Waals surface area contributed by atoms with Gasteiger partial charge in [-0.05, 0) is 24.5 Å². The van der Waals surface area contributed by atoms with Crippen molar-refractivity contribution < 1.29 is 4.79 Å². The van der Waals surface area contributed by atoms with Crippen LogP contribution in [0.4, 0.5) is 5.82 Å². The van der Waals surface area contributed by atoms with Gasteiger partial charge < -0.3 is 4.90 Å². The summed E-state index contributed by atoms with van der Waals surface area (Å²) in [6.45, 7) is 0. The van der Waals surface area contributed by atoms with Crippen LogP contribution in [0.5, 0.6) is 0 Å². The molecule has 0 bridgehead atoms. The van der Waals surface area contributed by atoms with Crippen LogP contribution < -0.4 is 4.90 Å². The Kier molecular flexibility index (Phi) is 2.29. The van der Waals surface area contributed by atoms with Crippen molar-refractivity contribution in [2.75, 3.05) is 19.0 Å². The normalized spacial score (nSPS) is 16.7. The molecule has 1 fully saturated rings. The lowest BCUT2D eigenvalue weighted by Gasteiger charge is -2.13. The average Bonchev–Trinajstić information content (AvgIpc) is 3.00. The lowest BCUT2D eigenvalue weighted by Crippen LogP contribution is -2.11. The van der Waals surface area contributed by atoms with Gasteiger partial charge in [-0.15, -0.1) is 0 Å². The first kappa shape index (κ1) is 9.87. The zero-order valence-corrected chi connectivity index (χ0v) is 8.90. The van der Waals surface area contributed by atoms with Crippen molar-refractivity contribution in [3.05, 3.63) is 23.9 Å². The topological polar surface area (TPSA) is 45.6 Å². The average molecular weight is 203 g/mol. The van der Waals surface area contributed by atoms with Crippen molar-refractivity contribution in [2.45, 2.75) is 18.4 Å². The van der Waals surface area contributed by atoms with Crippen LogP contribution in [0.2, 0.25) is 0 Å². The van der Waals surface area contributed by atoms with E-state index < -0.39 is 0 Å². The number of nitrogens with zero attached hydrogens (tertiary/aromatic N) is 3. The largest absolute Gasteiger partial charge is 0.363 e. The number of aliphatic imine (C=N–C) groups is 1. The Balaban J connectivity index is 2.28. The van der Waals surface area contributed by atoms with Gasteiger partial charge in [0.05, 0.1) is 5.54 Å². The molecule has 0 aliphatic heterocycles. The molecule has 4 heteroatoms. The van der Waals surface area contributed by atoms with Crippen molar-refractivity contribution in [2.24, 2.45) is 4.99 Å². The lowest BCUT2D eigenvalue weighted by molar-refractivity contribution is 0.556. The fourth-order valence-corrected chi connectivity index (χ4v) is 1.60. The molecule has 15 heavy (non-hydrogen) atoms. The first-order valence-electron chi connectivity index (χ1n) is 4.91. The molecule has 0 saturated heterocycles. The minimum Gasteiger partial charge on any atom is -0.363 e. The number of isocyanates is 1. The number of rotatable bonds is 3. The Bertz CT molecular complexity index is 400. The first-order valence-corrected chi connectivity index (χ1v) is 4.91. The molecule has 0 atom stereocenters. The monoisotopic (exact) mass is 203 g/mol. The summed E-state index contributed by atoms with van der Waals surface area (Å²) in [5, 5.41) is 0. The van der Waals surface area contributed by atoms with Gasteiger partial charge in [0, 0.05) is 20.3 Å². The number of pyridine rings is 1. The summed E-state index contributed by atoms with van der Waals surface area (Å²) < 4.78 is 0. The molecule has 78 valence electrons. The van der Waals surface area contributed by atoms with E-state index in [2.05, 4.69) is 9.98 Å². The third kappa shape index (κ3) is 1.76. The summed E-state index contributed by atoms with van der Waals surface area (Å²) >= 11 is 0. The highest BCUT2D eigenvalue weighted by Crippen LogP contribution is 2.48. The molecule has 1 saturated carbocycles. The van der Waals surface area contributed by atoms with Crippen LogP contribution in [-0.2, 0) is 10.3 Å². The molecular formula is C11H13N3O. The molecule has 0 radical (unpaired) electrons. The Hall–Kier alpha value is -1.67. The summed E-state index contributed by atoms with van der Waals surface area (Å²) in [6, 6.07) is 3.92. The first-order chi connectivity index (χ1) is 7.18. The number of hydrogen-bond acceptors (Lipinski definition) is 4. The molecule has 4 nitrogen and oxygen atoms in total. The van der Waals surface area contributed by atoms with E-state index in [0.29, 0.717) is 0 Å². The second-order valence-electron chi connectivity index (χ2n) is 4.03. The Morgan fingerprint density at radius 3 is 2.60 bits per heavy atom. The van der Waals surface area contributed by atoms with Crippen LogP contribution in [0.25, 0.3) is 0 Å². The van der Waals surface area contributed by atoms with Crippen LogP contribution in [0.1, 0.15) is 18.4 Å². The van der Waals surface area contributed by atoms with Crippen LogP contribution in [0, 0.1) is 0 Å². The number of aromatic nitrogens is 1. The van der Waals surface area contributed by atoms with Crippen molar-refractivity contribution in [3.63, 3.8) is 0 Å². The van der Waals surface area contributed by atoms with Crippen LogP contribution in [0.3, 0.4) is 0 Å². The predicted molar refractivity (Wildman–Crippen MR) is 57.6 cm³/mol. The molecular weight excluding hydrogens is 190 g/mol. The summed E-state index contributed by atoms with van der Waals surface area (Å²) in [5.74, 6) is 0.907. The third-order valence-corrected chi connectivity index (χ3v) is 2.73. The molecule has 1 aliphatic rings. The standard InChI is InChI=1S/C11H13N3O/c1-14(2)10-4-3-9(7-12-10)11(5-6-11)13-8-15/h3-4,7H,5-6H2,1-2H3. The maximum absolute atomic E-state index is 10.3. The van der Waals surface area contributed by atoms with E-state index in [9.17, 15) is 4.79 Å². The van der Waals surface area contributed by atoms with E-state index >= 15 is 0 Å². The van der Waals surface area contributed by atoms with Gasteiger partial charge in [-0.25, -0.2) is 9.78 Å². The molecule has 2 rings (SSSR count). The van der Waals surface area contributed by atoms with Gasteiger partial charge in [0.2, 0.25) is 6.08 Å². The zero-order chi connectivity index (χ0) is 10.9. The SMILES string of the molecule is CN(C)c1ccc(C2(N=C=O)CC2)cn1. The van der Waals surface area contributed by atoms with Gasteiger partial charge in [-0.3, -0.25) is 0 Å². The van der Waals surface area contributed by atoms with E-state index in [-0.39, 0.29) is 5.54 Å². The minimum atomic E-state index is -0.306. The maximum Gasteiger partial charge on any atom is 0.235 e. The van der Waals surface area contributed by atoms with E-state index in [1.165, 1.54) is 0 Å². The number of carbonyl (C=O) groups excluding carboxylic acids is 1. The van der Waals surface area contributed by atoms with Gasteiger partial charge in [0.1, 0.15) is 5.82 Å². The molecule has 0 aromatic carbocycles. The van der Waals surface area contributed by atoms with Crippen molar-refractivity contribution in [1.29, 1.82) is 0 Å². The van der Waals surface area contributed by atoms with E-state index in [1.807, 2.05) is 31.1 Å². The molecule has 1 aliphatic carbocycles. The fraction of sp³-hybridized carbons (Fsp3) is 0.455. The quantitative estimate of drug-likeness (QED) is 0.552. The molecule has 0 N–H and O–H groups in total. The third-order valence-electron chi connectivity index (χ3n) is 2.73. The van der Waals surface area contributed by atoms with Gasteiger partial charge in [-0.2, -0.15) is 4.99 Å². The summed E-state index contributed by atoms with van der Waals surface area (Å²) in [7, 11) is 3.89. The number of hydrogen-bond donors (Lipinski definition) is 0. The molecule has 1 heterocycles. The summed E-state index contributed by atoms with van der Waals surface area (Å²) in [5.41, 5.74) is 0.705. The Morgan fingerprint density at radius 2 is 2.20 bits per heavy atom. The van der Waals surface area contributed by atoms with Gasteiger partial charge in [0.15, 0.2) is 0 Å². The Labute approximate surface area is 88.7 Å². The molecule has 0 spiro atoms. The van der Waals surface area contributed by atoms with Crippen LogP contribution in [0.15, 0.2) is 23.3 Å². The van der Waals surface area contributed by atoms with E-state index in [0.717, 1.165) is 24.2 Å². The minimum absolute atomic E-state index is 0.306. The molecule has 1 aromatic rings. The van der Waals surface area contributed by atoms with E-state index in [1.54, 1.807) is 12.3 Å². The fourth-order valence-electron chi connectivity index (χ4n) is 1.60. The van der Waals surface area contributed by atoms with Crippen LogP contribution in [-0.4, -0.2) is 25.2 Å². The summed E-state index contributed by atoms with van der Waals surface area (Å²) in [4.78, 5) is 20.4. The molecule has 0 amide bonds. The highest BCUT2D eigenvalue weighted by molar-refractivity contribution is 5.44. The van der Waals surface area contributed by atoms with Gasteiger partial charge in [0.25, 0.3) is 0 Å². The molecule has 1 aromatic heterocycles. The van der Waals surface area contributed by atoms with Crippen molar-refractivity contribution in [1.82, 2.24) is 4.98 Å². The lowest BCUT2D eigenvalue weighted by atomic mass is 10.1. The van der Waals surface area contributed by atoms with Gasteiger partial charge >= 0.3 is 0 Å². The smallest absolute Gasteiger partial charge is 0.235 e.